The van der Waals surface area contributed by atoms with Gasteiger partial charge in [-0.15, -0.1) is 5.10 Å². The lowest BCUT2D eigenvalue weighted by Gasteiger charge is -2.28. The van der Waals surface area contributed by atoms with E-state index in [4.69, 9.17) is 27.4 Å². The monoisotopic (exact) mass is 345 g/mol. The molecule has 0 radical (unpaired) electrons. The molecule has 1 aromatic heterocycles. The Morgan fingerprint density at radius 1 is 1.38 bits per heavy atom. The number of nitrogens with zero attached hydrogens (tertiary/aromatic N) is 5. The Morgan fingerprint density at radius 3 is 3.00 bits per heavy atom. The lowest BCUT2D eigenvalue weighted by molar-refractivity contribution is -0.0320. The predicted octanol–water partition coefficient (Wildman–Crippen LogP) is 0.216. The van der Waals surface area contributed by atoms with Crippen LogP contribution in [0.25, 0.3) is 11.4 Å². The van der Waals surface area contributed by atoms with Crippen LogP contribution in [0.3, 0.4) is 0 Å². The second kappa shape index (κ2) is 6.23. The van der Waals surface area contributed by atoms with Gasteiger partial charge in [0, 0.05) is 12.0 Å². The molecule has 0 saturated carbocycles. The van der Waals surface area contributed by atoms with Crippen molar-refractivity contribution in [1.82, 2.24) is 25.6 Å². The summed E-state index contributed by atoms with van der Waals surface area (Å²) in [6.45, 7) is 0.454. The molecule has 3 atom stereocenters. The summed E-state index contributed by atoms with van der Waals surface area (Å²) in [5.74, 6) is 0.677. The Morgan fingerprint density at radius 2 is 2.21 bits per heavy atom. The minimum Gasteiger partial charge on any atom is -0.375 e. The van der Waals surface area contributed by atoms with Gasteiger partial charge in [0.1, 0.15) is 6.10 Å². The van der Waals surface area contributed by atoms with Gasteiger partial charge in [-0.25, -0.2) is 4.68 Å². The molecule has 3 heterocycles. The molecule has 0 aliphatic carbocycles. The fourth-order valence-corrected chi connectivity index (χ4v) is 2.95. The quantitative estimate of drug-likeness (QED) is 0.600. The molecule has 2 aliphatic rings. The normalized spacial score (nSPS) is 27.3. The zero-order valence-corrected chi connectivity index (χ0v) is 13.4. The number of nitrogens with two attached hydrogens (primary N) is 1. The van der Waals surface area contributed by atoms with Crippen molar-refractivity contribution in [2.75, 3.05) is 6.61 Å². The number of nitrogens with one attached hydrogen (secondary N) is 1. The van der Waals surface area contributed by atoms with Crippen LogP contribution >= 0.6 is 12.2 Å². The summed E-state index contributed by atoms with van der Waals surface area (Å²) in [6, 6.07) is 9.63. The smallest absolute Gasteiger partial charge is 0.199 e. The number of tetrazole rings is 1. The van der Waals surface area contributed by atoms with Crippen LogP contribution in [0.1, 0.15) is 12.5 Å². The molecule has 2 aliphatic heterocycles. The second-order valence-corrected chi connectivity index (χ2v) is 5.94. The van der Waals surface area contributed by atoms with E-state index in [1.165, 1.54) is 0 Å². The lowest BCUT2D eigenvalue weighted by Crippen LogP contribution is -2.39. The molecule has 4 rings (SSSR count). The molecule has 24 heavy (non-hydrogen) atoms. The van der Waals surface area contributed by atoms with E-state index in [-0.39, 0.29) is 17.3 Å². The van der Waals surface area contributed by atoms with Crippen LogP contribution in [0.15, 0.2) is 35.4 Å². The van der Waals surface area contributed by atoms with Crippen LogP contribution in [0.4, 0.5) is 0 Å². The third kappa shape index (κ3) is 2.75. The van der Waals surface area contributed by atoms with E-state index in [0.717, 1.165) is 5.56 Å². The molecule has 0 spiro atoms. The summed E-state index contributed by atoms with van der Waals surface area (Å²) in [7, 11) is 0. The number of hydrazone groups is 1. The molecular weight excluding hydrogens is 330 g/mol. The van der Waals surface area contributed by atoms with Crippen LogP contribution in [0.5, 0.6) is 0 Å². The van der Waals surface area contributed by atoms with Crippen molar-refractivity contribution in [3.8, 4) is 11.4 Å². The maximum absolute atomic E-state index is 5.88. The van der Waals surface area contributed by atoms with Gasteiger partial charge in [0.15, 0.2) is 17.2 Å². The maximum atomic E-state index is 5.88. The van der Waals surface area contributed by atoms with E-state index in [2.05, 4.69) is 26.1 Å². The summed E-state index contributed by atoms with van der Waals surface area (Å²) in [5.41, 5.74) is 9.63. The number of rotatable bonds is 3. The van der Waals surface area contributed by atoms with Crippen LogP contribution in [-0.2, 0) is 9.47 Å². The van der Waals surface area contributed by atoms with Crippen molar-refractivity contribution in [2.24, 2.45) is 10.8 Å². The van der Waals surface area contributed by atoms with Gasteiger partial charge < -0.3 is 15.2 Å². The summed E-state index contributed by atoms with van der Waals surface area (Å²) in [6.07, 6.45) is -0.0370. The largest absolute Gasteiger partial charge is 0.375 e. The van der Waals surface area contributed by atoms with E-state index < -0.39 is 6.29 Å². The first-order valence-corrected chi connectivity index (χ1v) is 7.85. The average molecular weight is 345 g/mol. The zero-order valence-electron chi connectivity index (χ0n) is 12.6. The highest BCUT2D eigenvalue weighted by atomic mass is 32.1. The number of hydrogen-bond donors (Lipinski definition) is 2. The van der Waals surface area contributed by atoms with Gasteiger partial charge in [-0.1, -0.05) is 30.3 Å². The minimum absolute atomic E-state index is 0.0894. The number of fused-ring (bicyclic) bond motifs is 2. The van der Waals surface area contributed by atoms with Gasteiger partial charge in [-0.3, -0.25) is 5.43 Å². The number of hydrogen-bond acceptors (Lipinski definition) is 7. The highest BCUT2D eigenvalue weighted by molar-refractivity contribution is 7.80. The minimum atomic E-state index is -0.482. The SMILES string of the molecule is NC(=S)N/N=C1/C[C@@H](n2nnnc2-c2ccccc2)[C@@H]2CO[C@H]1O2. The molecule has 0 amide bonds. The van der Waals surface area contributed by atoms with Gasteiger partial charge in [-0.05, 0) is 22.6 Å². The number of thiocarbonyl (C=S) groups is 1. The second-order valence-electron chi connectivity index (χ2n) is 5.50. The first-order valence-electron chi connectivity index (χ1n) is 7.44. The molecular formula is C14H15N7O2S. The zero-order chi connectivity index (χ0) is 16.5. The van der Waals surface area contributed by atoms with Crippen LogP contribution < -0.4 is 11.2 Å². The molecule has 2 fully saturated rings. The van der Waals surface area contributed by atoms with E-state index in [1.807, 2.05) is 30.3 Å². The fourth-order valence-electron chi connectivity index (χ4n) is 2.90. The maximum Gasteiger partial charge on any atom is 0.199 e. The molecule has 2 bridgehead atoms. The van der Waals surface area contributed by atoms with Gasteiger partial charge in [-0.2, -0.15) is 5.10 Å². The van der Waals surface area contributed by atoms with Crippen LogP contribution in [0.2, 0.25) is 0 Å². The molecule has 124 valence electrons. The van der Waals surface area contributed by atoms with E-state index in [0.29, 0.717) is 24.6 Å². The Hall–Kier alpha value is -2.43. The number of benzene rings is 1. The van der Waals surface area contributed by atoms with Crippen molar-refractivity contribution in [1.29, 1.82) is 0 Å². The van der Waals surface area contributed by atoms with E-state index in [9.17, 15) is 0 Å². The Bertz CT molecular complexity index is 778. The molecule has 3 N–H and O–H groups in total. The van der Waals surface area contributed by atoms with Crippen molar-refractivity contribution < 1.29 is 9.47 Å². The lowest BCUT2D eigenvalue weighted by atomic mass is 10.0. The number of aromatic nitrogens is 4. The van der Waals surface area contributed by atoms with Gasteiger partial charge in [0.2, 0.25) is 0 Å². The van der Waals surface area contributed by atoms with Crippen molar-refractivity contribution in [2.45, 2.75) is 24.9 Å². The van der Waals surface area contributed by atoms with Crippen molar-refractivity contribution in [3.05, 3.63) is 30.3 Å². The fraction of sp³-hybridized carbons (Fsp3) is 0.357. The molecule has 2 saturated heterocycles. The highest BCUT2D eigenvalue weighted by Crippen LogP contribution is 2.34. The standard InChI is InChI=1S/C14H15N7O2S/c15-14(24)18-16-9-6-10(11-7-22-13(9)23-11)21-12(17-19-20-21)8-4-2-1-3-5-8/h1-5,10-11,13H,6-7H2,(H3,15,18,24)/b16-9-/t10-,11+,13+/m1/s1. The number of ether oxygens (including phenoxy) is 2. The highest BCUT2D eigenvalue weighted by Gasteiger charge is 2.44. The summed E-state index contributed by atoms with van der Waals surface area (Å²) in [5, 5.41) is 16.4. The topological polar surface area (TPSA) is 112 Å². The average Bonchev–Trinajstić information content (AvgIpc) is 3.23. The molecule has 10 heteroatoms. The third-order valence-corrected chi connectivity index (χ3v) is 4.07. The Labute approximate surface area is 142 Å². The molecule has 0 unspecified atom stereocenters. The Kier molecular flexibility index (Phi) is 3.92. The summed E-state index contributed by atoms with van der Waals surface area (Å²) in [4.78, 5) is 0. The van der Waals surface area contributed by atoms with Crippen LogP contribution in [0, 0.1) is 0 Å². The van der Waals surface area contributed by atoms with Crippen molar-refractivity contribution >= 4 is 23.0 Å². The van der Waals surface area contributed by atoms with Gasteiger partial charge in [0.25, 0.3) is 0 Å². The molecule has 1 aromatic carbocycles. The first kappa shape index (κ1) is 15.1. The van der Waals surface area contributed by atoms with E-state index >= 15 is 0 Å². The summed E-state index contributed by atoms with van der Waals surface area (Å²) >= 11 is 4.78. The molecule has 9 nitrogen and oxygen atoms in total. The van der Waals surface area contributed by atoms with Crippen LogP contribution in [-0.4, -0.2) is 50.0 Å². The van der Waals surface area contributed by atoms with E-state index in [1.54, 1.807) is 4.68 Å². The Balaban J connectivity index is 1.66. The first-order chi connectivity index (χ1) is 11.7. The third-order valence-electron chi connectivity index (χ3n) is 3.98. The van der Waals surface area contributed by atoms with Crippen molar-refractivity contribution in [3.63, 3.8) is 0 Å². The van der Waals surface area contributed by atoms with Gasteiger partial charge in [0.05, 0.1) is 18.4 Å². The summed E-state index contributed by atoms with van der Waals surface area (Å²) < 4.78 is 13.3. The predicted molar refractivity (Wildman–Crippen MR) is 88.9 cm³/mol. The van der Waals surface area contributed by atoms with Gasteiger partial charge >= 0.3 is 0 Å². The molecule has 2 aromatic rings.